The van der Waals surface area contributed by atoms with Crippen LogP contribution in [0.15, 0.2) is 71.3 Å². The topological polar surface area (TPSA) is 84.2 Å². The molecule has 0 aliphatic heterocycles. The molecule has 4 aromatic rings. The Bertz CT molecular complexity index is 1220. The Morgan fingerprint density at radius 2 is 1.62 bits per heavy atom. The van der Waals surface area contributed by atoms with Crippen LogP contribution in [-0.4, -0.2) is 16.8 Å². The number of carbonyl (C=O) groups is 2. The summed E-state index contributed by atoms with van der Waals surface area (Å²) in [5.41, 5.74) is 5.00. The van der Waals surface area contributed by atoms with Gasteiger partial charge in [-0.05, 0) is 36.4 Å². The molecule has 2 aromatic carbocycles. The number of nitrogens with one attached hydrogen (secondary N) is 2. The summed E-state index contributed by atoms with van der Waals surface area (Å²) in [7, 11) is 0. The zero-order valence-corrected chi connectivity index (χ0v) is 14.8. The smallest absolute Gasteiger partial charge is 0.272 e. The van der Waals surface area contributed by atoms with E-state index < -0.39 is 29.0 Å². The summed E-state index contributed by atoms with van der Waals surface area (Å²) in [6.07, 6.45) is 1.49. The number of benzene rings is 2. The Morgan fingerprint density at radius 3 is 2.38 bits per heavy atom. The number of carbonyl (C=O) groups excluding carboxylic acids is 2. The molecule has 0 aliphatic carbocycles. The molecule has 2 N–H and O–H groups in total. The van der Waals surface area contributed by atoms with Crippen LogP contribution in [0.25, 0.3) is 22.4 Å². The van der Waals surface area contributed by atoms with E-state index in [1.54, 1.807) is 36.4 Å². The lowest BCUT2D eigenvalue weighted by atomic mass is 10.1. The van der Waals surface area contributed by atoms with Gasteiger partial charge in [0.15, 0.2) is 17.4 Å². The van der Waals surface area contributed by atoms with Crippen molar-refractivity contribution >= 4 is 22.7 Å². The van der Waals surface area contributed by atoms with Crippen molar-refractivity contribution in [3.05, 3.63) is 89.7 Å². The highest BCUT2D eigenvalue weighted by atomic mass is 19.2. The minimum absolute atomic E-state index is 0.224. The van der Waals surface area contributed by atoms with Crippen LogP contribution in [0.2, 0.25) is 0 Å². The molecule has 4 rings (SSSR count). The lowest BCUT2D eigenvalue weighted by Crippen LogP contribution is -2.42. The average molecular weight is 393 g/mol. The quantitative estimate of drug-likeness (QED) is 0.518. The van der Waals surface area contributed by atoms with E-state index >= 15 is 0 Å². The highest BCUT2D eigenvalue weighted by Gasteiger charge is 2.18. The number of para-hydroxylation sites is 1. The Hall–Kier alpha value is -4.07. The molecule has 0 atom stereocenters. The second-order valence-corrected chi connectivity index (χ2v) is 6.06. The largest absolute Gasteiger partial charge is 0.463 e. The fourth-order valence-electron chi connectivity index (χ4n) is 2.84. The molecule has 0 unspecified atom stereocenters. The van der Waals surface area contributed by atoms with Crippen molar-refractivity contribution in [1.82, 2.24) is 15.8 Å². The number of amides is 2. The van der Waals surface area contributed by atoms with Crippen molar-refractivity contribution in [2.24, 2.45) is 0 Å². The van der Waals surface area contributed by atoms with Crippen LogP contribution in [0.5, 0.6) is 0 Å². The van der Waals surface area contributed by atoms with E-state index in [-0.39, 0.29) is 5.56 Å². The number of fused-ring (bicyclic) bond motifs is 1. The lowest BCUT2D eigenvalue weighted by molar-refractivity contribution is 0.0844. The summed E-state index contributed by atoms with van der Waals surface area (Å²) in [6, 6.07) is 15.1. The normalized spacial score (nSPS) is 10.7. The first-order chi connectivity index (χ1) is 14.0. The van der Waals surface area contributed by atoms with Gasteiger partial charge in [-0.2, -0.15) is 0 Å². The van der Waals surface area contributed by atoms with Gasteiger partial charge in [0, 0.05) is 5.39 Å². The van der Waals surface area contributed by atoms with Crippen molar-refractivity contribution in [1.29, 1.82) is 0 Å². The van der Waals surface area contributed by atoms with Gasteiger partial charge < -0.3 is 4.42 Å². The summed E-state index contributed by atoms with van der Waals surface area (Å²) in [6.45, 7) is 0. The van der Waals surface area contributed by atoms with E-state index in [4.69, 9.17) is 4.42 Å². The molecule has 0 saturated carbocycles. The van der Waals surface area contributed by atoms with Gasteiger partial charge in [-0.1, -0.05) is 24.3 Å². The summed E-state index contributed by atoms with van der Waals surface area (Å²) in [5.74, 6) is -3.63. The van der Waals surface area contributed by atoms with E-state index in [1.165, 1.54) is 18.4 Å². The van der Waals surface area contributed by atoms with Gasteiger partial charge in [-0.3, -0.25) is 20.4 Å². The van der Waals surface area contributed by atoms with Crippen LogP contribution in [-0.2, 0) is 0 Å². The van der Waals surface area contributed by atoms with Crippen LogP contribution in [0.4, 0.5) is 8.78 Å². The van der Waals surface area contributed by atoms with Crippen LogP contribution >= 0.6 is 0 Å². The predicted molar refractivity (Wildman–Crippen MR) is 101 cm³/mol. The number of hydrazine groups is 1. The number of rotatable bonds is 3. The van der Waals surface area contributed by atoms with Gasteiger partial charge in [0.25, 0.3) is 11.8 Å². The van der Waals surface area contributed by atoms with E-state index in [1.807, 2.05) is 0 Å². The van der Waals surface area contributed by atoms with E-state index in [0.29, 0.717) is 22.4 Å². The molecule has 29 heavy (non-hydrogen) atoms. The zero-order chi connectivity index (χ0) is 20.4. The minimum atomic E-state index is -1.30. The fraction of sp³-hybridized carbons (Fsp3) is 0. The Labute approximate surface area is 163 Å². The van der Waals surface area contributed by atoms with Gasteiger partial charge >= 0.3 is 0 Å². The Kier molecular flexibility index (Phi) is 4.74. The Morgan fingerprint density at radius 1 is 0.862 bits per heavy atom. The van der Waals surface area contributed by atoms with Crippen molar-refractivity contribution in [2.75, 3.05) is 0 Å². The van der Waals surface area contributed by atoms with Crippen molar-refractivity contribution in [3.63, 3.8) is 0 Å². The van der Waals surface area contributed by atoms with Gasteiger partial charge in [0.05, 0.1) is 22.9 Å². The number of pyridine rings is 1. The van der Waals surface area contributed by atoms with Gasteiger partial charge in [0.1, 0.15) is 5.69 Å². The average Bonchev–Trinajstić information content (AvgIpc) is 3.28. The van der Waals surface area contributed by atoms with E-state index in [9.17, 15) is 18.4 Å². The molecule has 0 fully saturated rings. The number of nitrogens with zero attached hydrogens (tertiary/aromatic N) is 1. The third kappa shape index (κ3) is 3.55. The summed E-state index contributed by atoms with van der Waals surface area (Å²) < 4.78 is 32.4. The number of furan rings is 1. The molecule has 0 saturated heterocycles. The van der Waals surface area contributed by atoms with E-state index in [2.05, 4.69) is 15.8 Å². The van der Waals surface area contributed by atoms with Crippen molar-refractivity contribution in [3.8, 4) is 11.5 Å². The van der Waals surface area contributed by atoms with Gasteiger partial charge in [-0.15, -0.1) is 0 Å². The van der Waals surface area contributed by atoms with Crippen LogP contribution in [0, 0.1) is 11.6 Å². The highest BCUT2D eigenvalue weighted by molar-refractivity contribution is 6.08. The third-order valence-corrected chi connectivity index (χ3v) is 4.22. The highest BCUT2D eigenvalue weighted by Crippen LogP contribution is 2.25. The molecule has 8 heteroatoms. The second-order valence-electron chi connectivity index (χ2n) is 6.06. The lowest BCUT2D eigenvalue weighted by Gasteiger charge is -2.11. The molecular formula is C21H13F2N3O3. The van der Waals surface area contributed by atoms with Crippen LogP contribution in [0.3, 0.4) is 0 Å². The predicted octanol–water partition coefficient (Wildman–Crippen LogP) is 3.85. The maximum Gasteiger partial charge on any atom is 0.272 e. The van der Waals surface area contributed by atoms with Gasteiger partial charge in [-0.25, -0.2) is 13.8 Å². The number of hydrogen-bond acceptors (Lipinski definition) is 4. The first-order valence-corrected chi connectivity index (χ1v) is 8.53. The minimum Gasteiger partial charge on any atom is -0.463 e. The molecule has 2 heterocycles. The molecule has 144 valence electrons. The molecule has 0 radical (unpaired) electrons. The van der Waals surface area contributed by atoms with Gasteiger partial charge in [0.2, 0.25) is 0 Å². The number of hydrogen-bond donors (Lipinski definition) is 2. The zero-order valence-electron chi connectivity index (χ0n) is 14.8. The molecule has 2 amide bonds. The molecule has 0 aliphatic rings. The monoisotopic (exact) mass is 393 g/mol. The maximum atomic E-state index is 13.8. The number of aromatic nitrogens is 1. The molecule has 0 spiro atoms. The standard InChI is InChI=1S/C21H13F2N3O3/c22-15-7-3-6-13(19(15)23)20(27)25-26-21(28)14-11-17(18-9-4-10-29-18)24-16-8-2-1-5-12(14)16/h1-11H,(H,25,27)(H,26,28). The molecular weight excluding hydrogens is 380 g/mol. The van der Waals surface area contributed by atoms with Crippen LogP contribution in [0.1, 0.15) is 20.7 Å². The van der Waals surface area contributed by atoms with E-state index in [0.717, 1.165) is 12.1 Å². The maximum absolute atomic E-state index is 13.8. The first kappa shape index (κ1) is 18.3. The summed E-state index contributed by atoms with van der Waals surface area (Å²) >= 11 is 0. The third-order valence-electron chi connectivity index (χ3n) is 4.22. The SMILES string of the molecule is O=C(NNC(=O)c1cc(-c2ccco2)nc2ccccc12)c1cccc(F)c1F. The molecule has 0 bridgehead atoms. The Balaban J connectivity index is 1.63. The molecule has 2 aromatic heterocycles. The van der Waals surface area contributed by atoms with Crippen LogP contribution < -0.4 is 10.9 Å². The molecule has 6 nitrogen and oxygen atoms in total. The summed E-state index contributed by atoms with van der Waals surface area (Å²) in [4.78, 5) is 29.3. The first-order valence-electron chi connectivity index (χ1n) is 8.53. The van der Waals surface area contributed by atoms with Crippen molar-refractivity contribution < 1.29 is 22.8 Å². The van der Waals surface area contributed by atoms with Crippen molar-refractivity contribution in [2.45, 2.75) is 0 Å². The number of halogens is 2. The fourth-order valence-corrected chi connectivity index (χ4v) is 2.84. The summed E-state index contributed by atoms with van der Waals surface area (Å²) in [5, 5.41) is 0.548. The second kappa shape index (κ2) is 7.51.